The largest absolute Gasteiger partial charge is 0.311 e. The Morgan fingerprint density at radius 2 is 0.909 bits per heavy atom. The van der Waals surface area contributed by atoms with Gasteiger partial charge in [0, 0.05) is 22.5 Å². The van der Waals surface area contributed by atoms with E-state index in [0.717, 1.165) is 17.1 Å². The molecule has 7 aromatic rings. The van der Waals surface area contributed by atoms with E-state index in [1.807, 2.05) is 0 Å². The molecule has 0 saturated carbocycles. The molecule has 0 heterocycles. The lowest BCUT2D eigenvalue weighted by molar-refractivity contribution is 0.661. The topological polar surface area (TPSA) is 3.24 Å². The summed E-state index contributed by atoms with van der Waals surface area (Å²) in [5.74, 6) is 0. The highest BCUT2D eigenvalue weighted by Crippen LogP contribution is 2.53. The number of benzene rings is 7. The molecule has 8 rings (SSSR count). The van der Waals surface area contributed by atoms with E-state index in [2.05, 4.69) is 183 Å². The predicted molar refractivity (Wildman–Crippen MR) is 187 cm³/mol. The molecule has 1 nitrogen and oxygen atoms in total. The Hall–Kier alpha value is -5.40. The van der Waals surface area contributed by atoms with Crippen LogP contribution in [0.2, 0.25) is 0 Å². The van der Waals surface area contributed by atoms with Gasteiger partial charge < -0.3 is 4.90 Å². The first-order valence-corrected chi connectivity index (χ1v) is 15.4. The predicted octanol–water partition coefficient (Wildman–Crippen LogP) is 11.9. The van der Waals surface area contributed by atoms with Crippen LogP contribution in [-0.2, 0) is 5.41 Å². The van der Waals surface area contributed by atoms with E-state index in [1.165, 1.54) is 55.3 Å². The average molecular weight is 564 g/mol. The van der Waals surface area contributed by atoms with Crippen molar-refractivity contribution in [1.82, 2.24) is 0 Å². The zero-order valence-electron chi connectivity index (χ0n) is 25.0. The van der Waals surface area contributed by atoms with Gasteiger partial charge in [0.05, 0.1) is 0 Å². The van der Waals surface area contributed by atoms with Gasteiger partial charge in [0.1, 0.15) is 0 Å². The smallest absolute Gasteiger partial charge is 0.0462 e. The van der Waals surface area contributed by atoms with E-state index in [9.17, 15) is 0 Å². The molecule has 0 aliphatic heterocycles. The third kappa shape index (κ3) is 4.32. The van der Waals surface area contributed by atoms with Crippen LogP contribution in [0.1, 0.15) is 25.0 Å². The summed E-state index contributed by atoms with van der Waals surface area (Å²) in [5.41, 5.74) is 13.8. The van der Waals surface area contributed by atoms with E-state index in [4.69, 9.17) is 0 Å². The zero-order valence-corrected chi connectivity index (χ0v) is 25.0. The second kappa shape index (κ2) is 10.4. The molecule has 0 N–H and O–H groups in total. The molecule has 1 heteroatoms. The number of hydrogen-bond acceptors (Lipinski definition) is 1. The number of fused-ring (bicyclic) bond motifs is 4. The van der Waals surface area contributed by atoms with Gasteiger partial charge in [0.2, 0.25) is 0 Å². The average Bonchev–Trinajstić information content (AvgIpc) is 3.31. The highest BCUT2D eigenvalue weighted by molar-refractivity contribution is 5.98. The zero-order chi connectivity index (χ0) is 29.7. The Kier molecular flexibility index (Phi) is 6.20. The maximum absolute atomic E-state index is 2.40. The molecule has 1 aliphatic rings. The fourth-order valence-corrected chi connectivity index (χ4v) is 6.96. The third-order valence-corrected chi connectivity index (χ3v) is 9.25. The van der Waals surface area contributed by atoms with Crippen molar-refractivity contribution in [1.29, 1.82) is 0 Å². The van der Waals surface area contributed by atoms with Crippen molar-refractivity contribution in [2.24, 2.45) is 0 Å². The van der Waals surface area contributed by atoms with Crippen molar-refractivity contribution in [3.63, 3.8) is 0 Å². The summed E-state index contributed by atoms with van der Waals surface area (Å²) in [6.45, 7) is 4.72. The van der Waals surface area contributed by atoms with Crippen molar-refractivity contribution < 1.29 is 0 Å². The van der Waals surface area contributed by atoms with E-state index < -0.39 is 0 Å². The third-order valence-electron chi connectivity index (χ3n) is 9.25. The van der Waals surface area contributed by atoms with Gasteiger partial charge in [-0.25, -0.2) is 0 Å². The van der Waals surface area contributed by atoms with Crippen LogP contribution in [0.25, 0.3) is 44.2 Å². The molecule has 0 amide bonds. The van der Waals surface area contributed by atoms with Gasteiger partial charge in [-0.2, -0.15) is 0 Å². The Balaban J connectivity index is 1.21. The summed E-state index contributed by atoms with van der Waals surface area (Å²) in [4.78, 5) is 2.33. The van der Waals surface area contributed by atoms with Crippen LogP contribution in [0.15, 0.2) is 164 Å². The fraction of sp³-hybridized carbons (Fsp3) is 0.0698. The fourth-order valence-electron chi connectivity index (χ4n) is 6.96. The summed E-state index contributed by atoms with van der Waals surface area (Å²) in [6, 6.07) is 59.5. The summed E-state index contributed by atoms with van der Waals surface area (Å²) in [7, 11) is 0. The quantitative estimate of drug-likeness (QED) is 0.201. The lowest BCUT2D eigenvalue weighted by atomic mass is 9.81. The van der Waals surface area contributed by atoms with Crippen LogP contribution in [0, 0.1) is 0 Å². The van der Waals surface area contributed by atoms with Crippen LogP contribution in [0.3, 0.4) is 0 Å². The van der Waals surface area contributed by atoms with Crippen molar-refractivity contribution in [3.8, 4) is 33.4 Å². The van der Waals surface area contributed by atoms with Crippen molar-refractivity contribution >= 4 is 27.8 Å². The summed E-state index contributed by atoms with van der Waals surface area (Å²) in [6.07, 6.45) is 0. The molecular weight excluding hydrogens is 530 g/mol. The minimum absolute atomic E-state index is 0.0549. The molecule has 0 radical (unpaired) electrons. The van der Waals surface area contributed by atoms with Crippen molar-refractivity contribution in [2.45, 2.75) is 19.3 Å². The summed E-state index contributed by atoms with van der Waals surface area (Å²) in [5, 5.41) is 2.59. The maximum Gasteiger partial charge on any atom is 0.0462 e. The van der Waals surface area contributed by atoms with Gasteiger partial charge in [0.15, 0.2) is 0 Å². The van der Waals surface area contributed by atoms with E-state index in [0.29, 0.717) is 0 Å². The Labute approximate surface area is 259 Å². The normalized spacial score (nSPS) is 13.0. The molecule has 0 spiro atoms. The minimum Gasteiger partial charge on any atom is -0.311 e. The molecule has 1 aliphatic carbocycles. The Morgan fingerprint density at radius 3 is 1.57 bits per heavy atom. The summed E-state index contributed by atoms with van der Waals surface area (Å²) >= 11 is 0. The highest BCUT2D eigenvalue weighted by atomic mass is 15.1. The van der Waals surface area contributed by atoms with Gasteiger partial charge >= 0.3 is 0 Å². The standard InChI is InChI=1S/C43H33N/c1-43(2)40-19-11-18-38(42(40)39-28-33-14-9-10-15-34(33)29-41(39)43)32-22-26-37(27-23-32)44(35-16-7-4-8-17-35)36-24-20-31(21-25-36)30-12-5-3-6-13-30/h3-29H,1-2H3. The first kappa shape index (κ1) is 26.2. The van der Waals surface area contributed by atoms with E-state index >= 15 is 0 Å². The van der Waals surface area contributed by atoms with Gasteiger partial charge in [-0.3, -0.25) is 0 Å². The monoisotopic (exact) mass is 563 g/mol. The van der Waals surface area contributed by atoms with Crippen LogP contribution >= 0.6 is 0 Å². The van der Waals surface area contributed by atoms with Crippen molar-refractivity contribution in [3.05, 3.63) is 175 Å². The lowest BCUT2D eigenvalue weighted by Crippen LogP contribution is -2.14. The number of anilines is 3. The van der Waals surface area contributed by atoms with Gasteiger partial charge in [-0.15, -0.1) is 0 Å². The highest BCUT2D eigenvalue weighted by Gasteiger charge is 2.37. The number of para-hydroxylation sites is 1. The molecule has 0 bridgehead atoms. The van der Waals surface area contributed by atoms with Crippen LogP contribution < -0.4 is 4.90 Å². The molecule has 0 aromatic heterocycles. The Morgan fingerprint density at radius 1 is 0.386 bits per heavy atom. The molecule has 0 unspecified atom stereocenters. The SMILES string of the molecule is CC1(C)c2cc3ccccc3cc2-c2c(-c3ccc(N(c4ccccc4)c4ccc(-c5ccccc5)cc4)cc3)cccc21. The van der Waals surface area contributed by atoms with Crippen LogP contribution in [-0.4, -0.2) is 0 Å². The van der Waals surface area contributed by atoms with Crippen LogP contribution in [0.5, 0.6) is 0 Å². The molecule has 0 atom stereocenters. The number of hydrogen-bond donors (Lipinski definition) is 0. The molecule has 0 saturated heterocycles. The minimum atomic E-state index is -0.0549. The van der Waals surface area contributed by atoms with E-state index in [-0.39, 0.29) is 5.41 Å². The van der Waals surface area contributed by atoms with Gasteiger partial charge in [-0.05, 0) is 104 Å². The summed E-state index contributed by atoms with van der Waals surface area (Å²) < 4.78 is 0. The molecule has 7 aromatic carbocycles. The second-order valence-corrected chi connectivity index (χ2v) is 12.2. The number of rotatable bonds is 5. The lowest BCUT2D eigenvalue weighted by Gasteiger charge is -2.26. The van der Waals surface area contributed by atoms with Crippen LogP contribution in [0.4, 0.5) is 17.1 Å². The van der Waals surface area contributed by atoms with Gasteiger partial charge in [-0.1, -0.05) is 129 Å². The molecule has 44 heavy (non-hydrogen) atoms. The van der Waals surface area contributed by atoms with E-state index in [1.54, 1.807) is 0 Å². The number of nitrogens with zero attached hydrogens (tertiary/aromatic N) is 1. The second-order valence-electron chi connectivity index (χ2n) is 12.2. The molecule has 0 fully saturated rings. The first-order chi connectivity index (χ1) is 21.6. The molecular formula is C43H33N. The van der Waals surface area contributed by atoms with Crippen molar-refractivity contribution in [2.75, 3.05) is 4.90 Å². The molecule has 210 valence electrons. The maximum atomic E-state index is 2.40. The van der Waals surface area contributed by atoms with Gasteiger partial charge in [0.25, 0.3) is 0 Å². The Bertz CT molecular complexity index is 2110. The first-order valence-electron chi connectivity index (χ1n) is 15.4.